The maximum atomic E-state index is 14.1. The molecule has 0 bridgehead atoms. The number of nitrogens with two attached hydrogens (primary N) is 1. The highest BCUT2D eigenvalue weighted by atomic mass is 79.9. The average molecular weight is 338 g/mol. The van der Waals surface area contributed by atoms with Crippen LogP contribution < -0.4 is 10.5 Å². The smallest absolute Gasteiger partial charge is 0.169 e. The number of rotatable bonds is 6. The number of aryl methyl sites for hydroxylation is 1. The van der Waals surface area contributed by atoms with Crippen molar-refractivity contribution in [2.75, 3.05) is 6.54 Å². The van der Waals surface area contributed by atoms with Gasteiger partial charge in [0.15, 0.2) is 11.6 Å². The molecular formula is C16H17BrFNO. The number of benzene rings is 2. The minimum Gasteiger partial charge on any atom is -0.485 e. The van der Waals surface area contributed by atoms with E-state index >= 15 is 0 Å². The van der Waals surface area contributed by atoms with Gasteiger partial charge in [0.05, 0.1) is 4.47 Å². The molecular weight excluding hydrogens is 321 g/mol. The molecule has 0 saturated heterocycles. The molecule has 2 aromatic carbocycles. The largest absolute Gasteiger partial charge is 0.485 e. The van der Waals surface area contributed by atoms with E-state index in [1.807, 2.05) is 36.4 Å². The Labute approximate surface area is 126 Å². The molecule has 0 aliphatic carbocycles. The van der Waals surface area contributed by atoms with Gasteiger partial charge in [-0.1, -0.05) is 30.3 Å². The van der Waals surface area contributed by atoms with Crippen molar-refractivity contribution in [1.82, 2.24) is 0 Å². The van der Waals surface area contributed by atoms with Crippen LogP contribution in [0.4, 0.5) is 4.39 Å². The van der Waals surface area contributed by atoms with Gasteiger partial charge in [0, 0.05) is 0 Å². The summed E-state index contributed by atoms with van der Waals surface area (Å²) in [5, 5.41) is 0. The fraction of sp³-hybridized carbons (Fsp3) is 0.250. The van der Waals surface area contributed by atoms with Crippen LogP contribution in [-0.2, 0) is 13.0 Å². The van der Waals surface area contributed by atoms with Crippen LogP contribution in [0.25, 0.3) is 0 Å². The SMILES string of the molecule is NCCCc1cc(F)c(OCc2ccccc2)c(Br)c1. The number of halogens is 2. The number of hydrogen-bond acceptors (Lipinski definition) is 2. The van der Waals surface area contributed by atoms with E-state index in [0.29, 0.717) is 17.6 Å². The Morgan fingerprint density at radius 2 is 1.85 bits per heavy atom. The van der Waals surface area contributed by atoms with Crippen molar-refractivity contribution < 1.29 is 9.13 Å². The quantitative estimate of drug-likeness (QED) is 0.862. The van der Waals surface area contributed by atoms with E-state index in [0.717, 1.165) is 24.0 Å². The predicted molar refractivity (Wildman–Crippen MR) is 82.2 cm³/mol. The van der Waals surface area contributed by atoms with Crippen molar-refractivity contribution in [2.45, 2.75) is 19.4 Å². The van der Waals surface area contributed by atoms with Crippen LogP contribution in [0.15, 0.2) is 46.9 Å². The summed E-state index contributed by atoms with van der Waals surface area (Å²) in [4.78, 5) is 0. The molecule has 0 radical (unpaired) electrons. The molecule has 0 fully saturated rings. The first-order valence-corrected chi connectivity index (χ1v) is 7.34. The van der Waals surface area contributed by atoms with Gasteiger partial charge in [-0.2, -0.15) is 0 Å². The Bertz CT molecular complexity index is 537. The Balaban J connectivity index is 2.08. The highest BCUT2D eigenvalue weighted by Gasteiger charge is 2.11. The summed E-state index contributed by atoms with van der Waals surface area (Å²) in [6.45, 7) is 0.948. The lowest BCUT2D eigenvalue weighted by atomic mass is 10.1. The Hall–Kier alpha value is -1.39. The summed E-state index contributed by atoms with van der Waals surface area (Å²) in [6, 6.07) is 13.1. The van der Waals surface area contributed by atoms with Gasteiger partial charge in [-0.15, -0.1) is 0 Å². The third kappa shape index (κ3) is 4.05. The Kier molecular flexibility index (Phi) is 5.56. The standard InChI is InChI=1S/C16H17BrFNO/c17-14-9-13(7-4-8-19)10-15(18)16(14)20-11-12-5-2-1-3-6-12/h1-3,5-6,9-10H,4,7-8,11,19H2. The lowest BCUT2D eigenvalue weighted by molar-refractivity contribution is 0.288. The van der Waals surface area contributed by atoms with Crippen LogP contribution in [0.1, 0.15) is 17.5 Å². The monoisotopic (exact) mass is 337 g/mol. The minimum atomic E-state index is -0.345. The van der Waals surface area contributed by atoms with Crippen LogP contribution in [0.2, 0.25) is 0 Å². The molecule has 0 aromatic heterocycles. The van der Waals surface area contributed by atoms with Gasteiger partial charge in [-0.25, -0.2) is 4.39 Å². The van der Waals surface area contributed by atoms with E-state index in [4.69, 9.17) is 10.5 Å². The van der Waals surface area contributed by atoms with Crippen LogP contribution in [0, 0.1) is 5.82 Å². The normalized spacial score (nSPS) is 10.6. The van der Waals surface area contributed by atoms with Crippen LogP contribution in [0.3, 0.4) is 0 Å². The molecule has 0 atom stereocenters. The first kappa shape index (κ1) is 15.0. The lowest BCUT2D eigenvalue weighted by Gasteiger charge is -2.11. The van der Waals surface area contributed by atoms with Gasteiger partial charge in [0.1, 0.15) is 6.61 Å². The summed E-state index contributed by atoms with van der Waals surface area (Å²) in [5.41, 5.74) is 7.39. The fourth-order valence-corrected chi connectivity index (χ4v) is 2.53. The summed E-state index contributed by atoms with van der Waals surface area (Å²) >= 11 is 3.37. The molecule has 2 N–H and O–H groups in total. The molecule has 0 saturated carbocycles. The zero-order chi connectivity index (χ0) is 14.4. The van der Waals surface area contributed by atoms with E-state index in [9.17, 15) is 4.39 Å². The van der Waals surface area contributed by atoms with Crippen molar-refractivity contribution in [3.05, 3.63) is 63.9 Å². The molecule has 0 spiro atoms. The predicted octanol–water partition coefficient (Wildman–Crippen LogP) is 4.06. The summed E-state index contributed by atoms with van der Waals surface area (Å²) in [7, 11) is 0. The molecule has 0 aliphatic rings. The molecule has 0 amide bonds. The first-order valence-electron chi connectivity index (χ1n) is 6.55. The van der Waals surface area contributed by atoms with Gasteiger partial charge in [0.25, 0.3) is 0 Å². The number of hydrogen-bond donors (Lipinski definition) is 1. The lowest BCUT2D eigenvalue weighted by Crippen LogP contribution is -2.02. The molecule has 2 aromatic rings. The van der Waals surface area contributed by atoms with Crippen LogP contribution in [-0.4, -0.2) is 6.54 Å². The molecule has 20 heavy (non-hydrogen) atoms. The summed E-state index contributed by atoms with van der Waals surface area (Å²) in [5.74, 6) is -0.0901. The van der Waals surface area contributed by atoms with Gasteiger partial charge in [0.2, 0.25) is 0 Å². The van der Waals surface area contributed by atoms with Crippen molar-refractivity contribution in [3.8, 4) is 5.75 Å². The second kappa shape index (κ2) is 7.41. The third-order valence-electron chi connectivity index (χ3n) is 2.95. The summed E-state index contributed by atoms with van der Waals surface area (Å²) < 4.78 is 20.3. The second-order valence-corrected chi connectivity index (χ2v) is 5.41. The zero-order valence-corrected chi connectivity index (χ0v) is 12.7. The number of ether oxygens (including phenoxy) is 1. The van der Waals surface area contributed by atoms with Gasteiger partial charge in [-0.05, 0) is 58.6 Å². The molecule has 0 unspecified atom stereocenters. The summed E-state index contributed by atoms with van der Waals surface area (Å²) in [6.07, 6.45) is 1.61. The van der Waals surface area contributed by atoms with Crippen molar-refractivity contribution in [3.63, 3.8) is 0 Å². The maximum absolute atomic E-state index is 14.1. The molecule has 0 aliphatic heterocycles. The molecule has 2 nitrogen and oxygen atoms in total. The van der Waals surface area contributed by atoms with Crippen molar-refractivity contribution >= 4 is 15.9 Å². The van der Waals surface area contributed by atoms with Crippen LogP contribution in [0.5, 0.6) is 5.75 Å². The van der Waals surface area contributed by atoms with E-state index in [2.05, 4.69) is 15.9 Å². The molecule has 2 rings (SSSR count). The Morgan fingerprint density at radius 1 is 1.10 bits per heavy atom. The van der Waals surface area contributed by atoms with Gasteiger partial charge < -0.3 is 10.5 Å². The minimum absolute atomic E-state index is 0.255. The average Bonchev–Trinajstić information content (AvgIpc) is 2.45. The van der Waals surface area contributed by atoms with Gasteiger partial charge in [-0.3, -0.25) is 0 Å². The highest BCUT2D eigenvalue weighted by Crippen LogP contribution is 2.30. The Morgan fingerprint density at radius 3 is 2.50 bits per heavy atom. The van der Waals surface area contributed by atoms with Gasteiger partial charge >= 0.3 is 0 Å². The third-order valence-corrected chi connectivity index (χ3v) is 3.54. The van der Waals surface area contributed by atoms with E-state index in [1.165, 1.54) is 6.07 Å². The van der Waals surface area contributed by atoms with Crippen LogP contribution >= 0.6 is 15.9 Å². The fourth-order valence-electron chi connectivity index (χ4n) is 1.93. The zero-order valence-electron chi connectivity index (χ0n) is 11.1. The van der Waals surface area contributed by atoms with E-state index < -0.39 is 0 Å². The molecule has 0 heterocycles. The second-order valence-electron chi connectivity index (χ2n) is 4.56. The van der Waals surface area contributed by atoms with Crippen molar-refractivity contribution in [2.24, 2.45) is 5.73 Å². The molecule has 106 valence electrons. The topological polar surface area (TPSA) is 35.2 Å². The highest BCUT2D eigenvalue weighted by molar-refractivity contribution is 9.10. The molecule has 4 heteroatoms. The van der Waals surface area contributed by atoms with E-state index in [-0.39, 0.29) is 11.6 Å². The maximum Gasteiger partial charge on any atom is 0.169 e. The van der Waals surface area contributed by atoms with Crippen molar-refractivity contribution in [1.29, 1.82) is 0 Å². The van der Waals surface area contributed by atoms with E-state index in [1.54, 1.807) is 0 Å². The first-order chi connectivity index (χ1) is 9.70.